The Balaban J connectivity index is 1.88. The Kier molecular flexibility index (Phi) is 3.41. The third kappa shape index (κ3) is 2.46. The second kappa shape index (κ2) is 4.67. The van der Waals surface area contributed by atoms with Crippen molar-refractivity contribution in [3.63, 3.8) is 0 Å². The van der Waals surface area contributed by atoms with Gasteiger partial charge in [-0.3, -0.25) is 4.79 Å². The van der Waals surface area contributed by atoms with Crippen molar-refractivity contribution in [3.05, 3.63) is 24.3 Å². The van der Waals surface area contributed by atoms with E-state index in [1.54, 1.807) is 6.08 Å². The Morgan fingerprint density at radius 2 is 2.24 bits per heavy atom. The molecule has 0 aliphatic heterocycles. The van der Waals surface area contributed by atoms with E-state index in [1.165, 1.54) is 24.8 Å². The average molecular weight is 234 g/mol. The van der Waals surface area contributed by atoms with Gasteiger partial charge in [-0.25, -0.2) is 0 Å². The minimum Gasteiger partial charge on any atom is -0.465 e. The fourth-order valence-corrected chi connectivity index (χ4v) is 2.57. The Bertz CT molecular complexity index is 346. The van der Waals surface area contributed by atoms with Crippen LogP contribution in [0.1, 0.15) is 39.5 Å². The summed E-state index contributed by atoms with van der Waals surface area (Å²) in [5.74, 6) is 0.437. The first-order valence-electron chi connectivity index (χ1n) is 6.54. The molecule has 0 bridgehead atoms. The molecular formula is C15H22O2. The molecule has 0 amide bonds. The van der Waals surface area contributed by atoms with Gasteiger partial charge in [-0.1, -0.05) is 31.6 Å². The number of carbonyl (C=O) groups is 1. The summed E-state index contributed by atoms with van der Waals surface area (Å²) in [4.78, 5) is 11.9. The van der Waals surface area contributed by atoms with E-state index >= 15 is 0 Å². The van der Waals surface area contributed by atoms with E-state index in [0.29, 0.717) is 12.5 Å². The quantitative estimate of drug-likeness (QED) is 0.413. The van der Waals surface area contributed by atoms with Gasteiger partial charge in [0.1, 0.15) is 0 Å². The smallest absolute Gasteiger partial charge is 0.310 e. The molecule has 2 aliphatic rings. The standard InChI is InChI=1S/C15H22O2/c1-4-5-9-17-14(16)13-12(15(13,2)3)10-11-7-6-8-11/h4,10,12-13H,1,5-9H2,2-3H3/t12-,13-/m0/s1. The molecule has 94 valence electrons. The highest BCUT2D eigenvalue weighted by Gasteiger charge is 2.61. The van der Waals surface area contributed by atoms with Crippen molar-refractivity contribution in [2.75, 3.05) is 6.61 Å². The number of hydrogen-bond acceptors (Lipinski definition) is 2. The lowest BCUT2D eigenvalue weighted by Gasteiger charge is -2.16. The van der Waals surface area contributed by atoms with Gasteiger partial charge >= 0.3 is 5.97 Å². The average Bonchev–Trinajstić information content (AvgIpc) is 2.74. The van der Waals surface area contributed by atoms with Crippen LogP contribution in [0.5, 0.6) is 0 Å². The molecule has 0 aromatic carbocycles. The molecule has 2 heteroatoms. The van der Waals surface area contributed by atoms with Gasteiger partial charge in [0.25, 0.3) is 0 Å². The van der Waals surface area contributed by atoms with Crippen molar-refractivity contribution < 1.29 is 9.53 Å². The summed E-state index contributed by atoms with van der Waals surface area (Å²) in [6.07, 6.45) is 8.61. The molecule has 0 radical (unpaired) electrons. The van der Waals surface area contributed by atoms with Crippen LogP contribution in [0, 0.1) is 17.3 Å². The molecule has 2 nitrogen and oxygen atoms in total. The molecule has 2 aliphatic carbocycles. The molecule has 17 heavy (non-hydrogen) atoms. The summed E-state index contributed by atoms with van der Waals surface area (Å²) in [7, 11) is 0. The highest BCUT2D eigenvalue weighted by atomic mass is 16.5. The number of hydrogen-bond donors (Lipinski definition) is 0. The van der Waals surface area contributed by atoms with Crippen LogP contribution in [-0.4, -0.2) is 12.6 Å². The second-order valence-corrected chi connectivity index (χ2v) is 5.75. The third-order valence-electron chi connectivity index (χ3n) is 4.14. The fourth-order valence-electron chi connectivity index (χ4n) is 2.57. The van der Waals surface area contributed by atoms with Crippen molar-refractivity contribution in [1.29, 1.82) is 0 Å². The lowest BCUT2D eigenvalue weighted by molar-refractivity contribution is -0.146. The Morgan fingerprint density at radius 1 is 1.53 bits per heavy atom. The van der Waals surface area contributed by atoms with Crippen molar-refractivity contribution in [2.45, 2.75) is 39.5 Å². The van der Waals surface area contributed by atoms with Crippen LogP contribution < -0.4 is 0 Å². The van der Waals surface area contributed by atoms with Crippen LogP contribution >= 0.6 is 0 Å². The summed E-state index contributed by atoms with van der Waals surface area (Å²) in [6, 6.07) is 0. The SMILES string of the molecule is C=CCCOC(=O)[C@@H]1[C@H](C=C2CCC2)C1(C)C. The van der Waals surface area contributed by atoms with Crippen LogP contribution in [0.4, 0.5) is 0 Å². The molecule has 0 saturated heterocycles. The first-order valence-corrected chi connectivity index (χ1v) is 6.54. The number of esters is 1. The molecule has 0 N–H and O–H groups in total. The van der Waals surface area contributed by atoms with Gasteiger partial charge in [0.05, 0.1) is 12.5 Å². The van der Waals surface area contributed by atoms with E-state index < -0.39 is 0 Å². The minimum atomic E-state index is -0.0296. The summed E-state index contributed by atoms with van der Waals surface area (Å²) < 4.78 is 5.27. The zero-order valence-electron chi connectivity index (χ0n) is 10.9. The molecule has 0 aromatic rings. The predicted octanol–water partition coefficient (Wildman–Crippen LogP) is 3.49. The molecule has 0 unspecified atom stereocenters. The van der Waals surface area contributed by atoms with E-state index in [9.17, 15) is 4.79 Å². The van der Waals surface area contributed by atoms with Crippen LogP contribution in [0.15, 0.2) is 24.3 Å². The molecule has 0 aromatic heterocycles. The first kappa shape index (κ1) is 12.4. The van der Waals surface area contributed by atoms with Gasteiger partial charge in [-0.15, -0.1) is 6.58 Å². The number of rotatable bonds is 5. The van der Waals surface area contributed by atoms with E-state index in [4.69, 9.17) is 4.74 Å². The molecule has 0 heterocycles. The Labute approximate surface area is 104 Å². The lowest BCUT2D eigenvalue weighted by atomic mass is 9.90. The third-order valence-corrected chi connectivity index (χ3v) is 4.14. The van der Waals surface area contributed by atoms with Gasteiger partial charge < -0.3 is 4.74 Å². The van der Waals surface area contributed by atoms with Gasteiger partial charge in [0.15, 0.2) is 0 Å². The normalized spacial score (nSPS) is 29.2. The molecular weight excluding hydrogens is 212 g/mol. The van der Waals surface area contributed by atoms with Crippen LogP contribution in [0.2, 0.25) is 0 Å². The van der Waals surface area contributed by atoms with E-state index in [-0.39, 0.29) is 17.3 Å². The maximum Gasteiger partial charge on any atom is 0.310 e. The number of ether oxygens (including phenoxy) is 1. The van der Waals surface area contributed by atoms with Crippen molar-refractivity contribution in [3.8, 4) is 0 Å². The van der Waals surface area contributed by atoms with Crippen molar-refractivity contribution >= 4 is 5.97 Å². The predicted molar refractivity (Wildman–Crippen MR) is 68.5 cm³/mol. The number of carbonyl (C=O) groups excluding carboxylic acids is 1. The number of allylic oxidation sites excluding steroid dienone is 2. The van der Waals surface area contributed by atoms with Crippen molar-refractivity contribution in [1.82, 2.24) is 0 Å². The maximum atomic E-state index is 11.9. The van der Waals surface area contributed by atoms with Crippen molar-refractivity contribution in [2.24, 2.45) is 17.3 Å². The van der Waals surface area contributed by atoms with Crippen LogP contribution in [0.3, 0.4) is 0 Å². The largest absolute Gasteiger partial charge is 0.465 e. The van der Waals surface area contributed by atoms with Gasteiger partial charge in [0, 0.05) is 0 Å². The molecule has 2 fully saturated rings. The molecule has 2 rings (SSSR count). The monoisotopic (exact) mass is 234 g/mol. The maximum absolute atomic E-state index is 11.9. The van der Waals surface area contributed by atoms with E-state index in [2.05, 4.69) is 26.5 Å². The summed E-state index contributed by atoms with van der Waals surface area (Å²) >= 11 is 0. The molecule has 2 atom stereocenters. The minimum absolute atomic E-state index is 0.0296. The highest BCUT2D eigenvalue weighted by Crippen LogP contribution is 2.60. The van der Waals surface area contributed by atoms with Gasteiger partial charge in [0.2, 0.25) is 0 Å². The van der Waals surface area contributed by atoms with Crippen LogP contribution in [-0.2, 0) is 9.53 Å². The van der Waals surface area contributed by atoms with E-state index in [1.807, 2.05) is 0 Å². The second-order valence-electron chi connectivity index (χ2n) is 5.75. The molecule has 2 saturated carbocycles. The van der Waals surface area contributed by atoms with Gasteiger partial charge in [-0.05, 0) is 37.0 Å². The topological polar surface area (TPSA) is 26.3 Å². The van der Waals surface area contributed by atoms with Gasteiger partial charge in [-0.2, -0.15) is 0 Å². The zero-order chi connectivity index (χ0) is 12.5. The fraction of sp³-hybridized carbons (Fsp3) is 0.667. The zero-order valence-corrected chi connectivity index (χ0v) is 10.9. The summed E-state index contributed by atoms with van der Waals surface area (Å²) in [5, 5.41) is 0. The Morgan fingerprint density at radius 3 is 2.76 bits per heavy atom. The van der Waals surface area contributed by atoms with Crippen LogP contribution in [0.25, 0.3) is 0 Å². The highest BCUT2D eigenvalue weighted by molar-refractivity contribution is 5.78. The van der Waals surface area contributed by atoms with E-state index in [0.717, 1.165) is 6.42 Å². The molecule has 0 spiro atoms. The Hall–Kier alpha value is -1.05. The lowest BCUT2D eigenvalue weighted by Crippen LogP contribution is -2.11. The summed E-state index contributed by atoms with van der Waals surface area (Å²) in [5.41, 5.74) is 1.62. The summed E-state index contributed by atoms with van der Waals surface area (Å²) in [6.45, 7) is 8.41. The first-order chi connectivity index (χ1) is 8.07.